The van der Waals surface area contributed by atoms with Crippen molar-refractivity contribution in [3.05, 3.63) is 29.3 Å². The predicted octanol–water partition coefficient (Wildman–Crippen LogP) is 5.19. The predicted molar refractivity (Wildman–Crippen MR) is 78.9 cm³/mol. The van der Waals surface area contributed by atoms with Crippen molar-refractivity contribution >= 4 is 69.7 Å². The lowest BCUT2D eigenvalue weighted by Gasteiger charge is -2.15. The number of ether oxygens (including phenoxy) is 1. The van der Waals surface area contributed by atoms with Gasteiger partial charge in [0, 0.05) is 18.1 Å². The van der Waals surface area contributed by atoms with E-state index < -0.39 is 0 Å². The van der Waals surface area contributed by atoms with Crippen LogP contribution in [-0.2, 0) is 4.79 Å². The van der Waals surface area contributed by atoms with Gasteiger partial charge in [-0.25, -0.2) is 0 Å². The van der Waals surface area contributed by atoms with Crippen LogP contribution in [-0.4, -0.2) is 5.97 Å². The third-order valence-corrected chi connectivity index (χ3v) is 3.76. The zero-order chi connectivity index (χ0) is 12.3. The van der Waals surface area contributed by atoms with E-state index in [4.69, 9.17) is 4.74 Å². The average molecular weight is 480 g/mol. The Balaban J connectivity index is 3.28. The molecule has 0 N–H and O–H groups in total. The topological polar surface area (TPSA) is 26.3 Å². The lowest BCUT2D eigenvalue weighted by Crippen LogP contribution is -2.06. The molecule has 0 atom stereocenters. The molecule has 1 rings (SSSR count). The molecule has 0 aliphatic rings. The molecule has 0 bridgehead atoms. The largest absolute Gasteiger partial charge is 0.426 e. The molecule has 0 saturated carbocycles. The molecule has 0 aliphatic carbocycles. The number of carbonyl (C=O) groups is 1. The Morgan fingerprint density at radius 2 is 1.56 bits per heavy atom. The van der Waals surface area contributed by atoms with E-state index in [2.05, 4.69) is 63.7 Å². The van der Waals surface area contributed by atoms with E-state index in [1.54, 1.807) is 0 Å². The number of rotatable bonds is 3. The van der Waals surface area contributed by atoms with E-state index in [-0.39, 0.29) is 13.4 Å². The van der Waals surface area contributed by atoms with Gasteiger partial charge < -0.3 is 4.74 Å². The molecule has 0 amide bonds. The van der Waals surface area contributed by atoms with Gasteiger partial charge >= 0.3 is 5.97 Å². The highest BCUT2D eigenvalue weighted by Gasteiger charge is 2.19. The number of hydrogen-bond donors (Lipinski definition) is 0. The highest BCUT2D eigenvalue weighted by molar-refractivity contribution is 9.24. The van der Waals surface area contributed by atoms with E-state index in [0.29, 0.717) is 5.75 Å². The normalized spacial score (nSPS) is 10.9. The number of para-hydroxylation sites is 1. The van der Waals surface area contributed by atoms with E-state index in [1.165, 1.54) is 6.92 Å². The number of alkyl halides is 4. The summed E-state index contributed by atoms with van der Waals surface area (Å²) >= 11 is 13.6. The molecular weight excluding hydrogens is 472 g/mol. The fourth-order valence-corrected chi connectivity index (χ4v) is 2.62. The van der Waals surface area contributed by atoms with Gasteiger partial charge in [0.25, 0.3) is 0 Å². The van der Waals surface area contributed by atoms with Gasteiger partial charge in [-0.1, -0.05) is 81.9 Å². The number of esters is 1. The maximum absolute atomic E-state index is 11.1. The highest BCUT2D eigenvalue weighted by Crippen LogP contribution is 2.43. The molecular formula is C10H8Br4O2. The van der Waals surface area contributed by atoms with Gasteiger partial charge in [-0.05, 0) is 0 Å². The van der Waals surface area contributed by atoms with Crippen molar-refractivity contribution < 1.29 is 9.53 Å². The van der Waals surface area contributed by atoms with Crippen LogP contribution in [0, 0.1) is 0 Å². The molecule has 6 heteroatoms. The molecule has 0 radical (unpaired) electrons. The fourth-order valence-electron chi connectivity index (χ4n) is 1.18. The smallest absolute Gasteiger partial charge is 0.308 e. The van der Waals surface area contributed by atoms with Crippen LogP contribution >= 0.6 is 63.7 Å². The minimum atomic E-state index is -0.338. The molecule has 0 saturated heterocycles. The summed E-state index contributed by atoms with van der Waals surface area (Å²) in [5.74, 6) is 0.225. The molecule has 0 aromatic heterocycles. The minimum Gasteiger partial charge on any atom is -0.426 e. The van der Waals surface area contributed by atoms with Gasteiger partial charge in [-0.15, -0.1) is 0 Å². The van der Waals surface area contributed by atoms with E-state index in [0.717, 1.165) is 11.1 Å². The average Bonchev–Trinajstić information content (AvgIpc) is 2.16. The van der Waals surface area contributed by atoms with Crippen LogP contribution in [0.15, 0.2) is 18.2 Å². The summed E-state index contributed by atoms with van der Waals surface area (Å²) in [6.07, 6.45) is 0. The van der Waals surface area contributed by atoms with Crippen LogP contribution in [0.1, 0.15) is 25.5 Å². The number of halogens is 4. The highest BCUT2D eigenvalue weighted by atomic mass is 79.9. The van der Waals surface area contributed by atoms with Crippen LogP contribution in [0.3, 0.4) is 0 Å². The second-order valence-corrected chi connectivity index (χ2v) is 9.08. The monoisotopic (exact) mass is 476 g/mol. The Morgan fingerprint density at radius 1 is 1.12 bits per heavy atom. The Bertz CT molecular complexity index is 364. The van der Waals surface area contributed by atoms with Gasteiger partial charge in [-0.3, -0.25) is 4.79 Å². The zero-order valence-electron chi connectivity index (χ0n) is 8.22. The van der Waals surface area contributed by atoms with Gasteiger partial charge in [0.1, 0.15) is 5.75 Å². The molecule has 88 valence electrons. The SMILES string of the molecule is CC(=O)Oc1c(C(Br)Br)cccc1C(Br)Br. The molecule has 0 fully saturated rings. The standard InChI is InChI=1S/C10H8Br4O2/c1-5(15)16-8-6(9(11)12)3-2-4-7(8)10(13)14/h2-4,9-10H,1H3. The van der Waals surface area contributed by atoms with Gasteiger partial charge in [0.05, 0.1) is 7.47 Å². The third-order valence-electron chi connectivity index (χ3n) is 1.79. The quantitative estimate of drug-likeness (QED) is 0.339. The summed E-state index contributed by atoms with van der Waals surface area (Å²) < 4.78 is 5.12. The Labute approximate surface area is 128 Å². The van der Waals surface area contributed by atoms with Crippen LogP contribution in [0.4, 0.5) is 0 Å². The van der Waals surface area contributed by atoms with Crippen molar-refractivity contribution in [1.29, 1.82) is 0 Å². The summed E-state index contributed by atoms with van der Waals surface area (Å²) in [6.45, 7) is 1.38. The van der Waals surface area contributed by atoms with Gasteiger partial charge in [-0.2, -0.15) is 0 Å². The van der Waals surface area contributed by atoms with Crippen LogP contribution in [0.25, 0.3) is 0 Å². The second-order valence-electron chi connectivity index (χ2n) is 2.96. The molecule has 16 heavy (non-hydrogen) atoms. The van der Waals surface area contributed by atoms with Crippen LogP contribution in [0.2, 0.25) is 0 Å². The van der Waals surface area contributed by atoms with Crippen molar-refractivity contribution in [2.75, 3.05) is 0 Å². The Morgan fingerprint density at radius 3 is 1.88 bits per heavy atom. The summed E-state index contributed by atoms with van der Waals surface area (Å²) in [4.78, 5) is 11.1. The first kappa shape index (κ1) is 14.7. The van der Waals surface area contributed by atoms with Crippen molar-refractivity contribution in [2.45, 2.75) is 14.4 Å². The molecule has 0 heterocycles. The molecule has 0 unspecified atom stereocenters. The first-order valence-electron chi connectivity index (χ1n) is 4.31. The fraction of sp³-hybridized carbons (Fsp3) is 0.300. The maximum Gasteiger partial charge on any atom is 0.308 e. The molecule has 1 aromatic rings. The first-order valence-corrected chi connectivity index (χ1v) is 7.97. The summed E-state index contributed by atoms with van der Waals surface area (Å²) in [7, 11) is 0. The summed E-state index contributed by atoms with van der Waals surface area (Å²) in [5, 5.41) is 0. The summed E-state index contributed by atoms with van der Waals surface area (Å²) in [6, 6.07) is 5.68. The van der Waals surface area contributed by atoms with E-state index >= 15 is 0 Å². The van der Waals surface area contributed by atoms with Crippen LogP contribution in [0.5, 0.6) is 5.75 Å². The molecule has 1 aromatic carbocycles. The number of benzene rings is 1. The Hall–Kier alpha value is 0.610. The molecule has 2 nitrogen and oxygen atoms in total. The molecule has 0 aliphatic heterocycles. The number of hydrogen-bond acceptors (Lipinski definition) is 2. The van der Waals surface area contributed by atoms with E-state index in [1.807, 2.05) is 18.2 Å². The lowest BCUT2D eigenvalue weighted by molar-refractivity contribution is -0.131. The molecule has 0 spiro atoms. The lowest BCUT2D eigenvalue weighted by atomic mass is 10.1. The van der Waals surface area contributed by atoms with Crippen molar-refractivity contribution in [3.8, 4) is 5.75 Å². The minimum absolute atomic E-state index is 0.0620. The first-order chi connectivity index (χ1) is 7.43. The van der Waals surface area contributed by atoms with Crippen molar-refractivity contribution in [3.63, 3.8) is 0 Å². The Kier molecular flexibility index (Phi) is 5.98. The van der Waals surface area contributed by atoms with Crippen LogP contribution < -0.4 is 4.74 Å². The van der Waals surface area contributed by atoms with Gasteiger partial charge in [0.15, 0.2) is 0 Å². The number of carbonyl (C=O) groups excluding carboxylic acids is 1. The summed E-state index contributed by atoms with van der Waals surface area (Å²) in [5.41, 5.74) is 1.74. The maximum atomic E-state index is 11.1. The second kappa shape index (κ2) is 6.52. The van der Waals surface area contributed by atoms with E-state index in [9.17, 15) is 4.79 Å². The van der Waals surface area contributed by atoms with Crippen molar-refractivity contribution in [2.24, 2.45) is 0 Å². The zero-order valence-corrected chi connectivity index (χ0v) is 14.6. The van der Waals surface area contributed by atoms with Gasteiger partial charge in [0.2, 0.25) is 0 Å². The van der Waals surface area contributed by atoms with Crippen molar-refractivity contribution in [1.82, 2.24) is 0 Å². The third kappa shape index (κ3) is 3.82.